The van der Waals surface area contributed by atoms with Crippen LogP contribution in [0.2, 0.25) is 5.02 Å². The molecular weight excluding hydrogens is 432 g/mol. The molecule has 0 N–H and O–H groups in total. The van der Waals surface area contributed by atoms with Crippen molar-refractivity contribution in [3.8, 4) is 5.75 Å². The Hall–Kier alpha value is -3.97. The Morgan fingerprint density at radius 2 is 1.81 bits per heavy atom. The van der Waals surface area contributed by atoms with Crippen LogP contribution in [0.15, 0.2) is 77.4 Å². The lowest BCUT2D eigenvalue weighted by Crippen LogP contribution is -2.06. The van der Waals surface area contributed by atoms with Gasteiger partial charge in [0.2, 0.25) is 5.90 Å². The van der Waals surface area contributed by atoms with Crippen LogP contribution in [0.25, 0.3) is 6.08 Å². The van der Waals surface area contributed by atoms with E-state index >= 15 is 0 Å². The summed E-state index contributed by atoms with van der Waals surface area (Å²) in [5, 5.41) is 11.8. The van der Waals surface area contributed by atoms with E-state index in [1.54, 1.807) is 61.5 Å². The lowest BCUT2D eigenvalue weighted by Gasteiger charge is -2.06. The van der Waals surface area contributed by atoms with Crippen molar-refractivity contribution in [3.63, 3.8) is 0 Å². The maximum atomic E-state index is 12.2. The van der Waals surface area contributed by atoms with Crippen LogP contribution in [-0.4, -0.2) is 16.8 Å². The van der Waals surface area contributed by atoms with Gasteiger partial charge < -0.3 is 9.47 Å². The van der Waals surface area contributed by atoms with E-state index in [0.717, 1.165) is 11.1 Å². The summed E-state index contributed by atoms with van der Waals surface area (Å²) in [7, 11) is 0. The molecule has 0 aliphatic carbocycles. The van der Waals surface area contributed by atoms with Gasteiger partial charge in [0.05, 0.1) is 4.92 Å². The summed E-state index contributed by atoms with van der Waals surface area (Å²) in [5.41, 5.74) is 2.65. The third-order valence-corrected chi connectivity index (χ3v) is 5.03. The van der Waals surface area contributed by atoms with Crippen LogP contribution in [0.5, 0.6) is 5.75 Å². The zero-order valence-electron chi connectivity index (χ0n) is 16.9. The van der Waals surface area contributed by atoms with Crippen LogP contribution in [-0.2, 0) is 16.1 Å². The van der Waals surface area contributed by atoms with Gasteiger partial charge in [-0.3, -0.25) is 10.1 Å². The minimum absolute atomic E-state index is 0.0345. The number of rotatable bonds is 6. The number of esters is 1. The van der Waals surface area contributed by atoms with E-state index < -0.39 is 10.9 Å². The van der Waals surface area contributed by atoms with Gasteiger partial charge in [0.15, 0.2) is 5.70 Å². The Morgan fingerprint density at radius 1 is 1.09 bits per heavy atom. The quantitative estimate of drug-likeness (QED) is 0.215. The van der Waals surface area contributed by atoms with Gasteiger partial charge in [0.25, 0.3) is 5.69 Å². The summed E-state index contributed by atoms with van der Waals surface area (Å²) in [6.07, 6.45) is 1.58. The molecule has 7 nitrogen and oxygen atoms in total. The predicted octanol–water partition coefficient (Wildman–Crippen LogP) is 5.48. The van der Waals surface area contributed by atoms with Crippen molar-refractivity contribution in [2.75, 3.05) is 0 Å². The van der Waals surface area contributed by atoms with E-state index in [9.17, 15) is 14.9 Å². The second kappa shape index (κ2) is 9.03. The van der Waals surface area contributed by atoms with Crippen LogP contribution < -0.4 is 4.74 Å². The van der Waals surface area contributed by atoms with E-state index in [1.165, 1.54) is 6.07 Å². The molecule has 4 rings (SSSR count). The van der Waals surface area contributed by atoms with Crippen LogP contribution in [0, 0.1) is 17.0 Å². The number of carbonyl (C=O) groups excluding carboxylic acids is 1. The highest BCUT2D eigenvalue weighted by atomic mass is 35.5. The first-order valence-corrected chi connectivity index (χ1v) is 10.0. The molecule has 0 saturated heterocycles. The lowest BCUT2D eigenvalue weighted by molar-refractivity contribution is -0.385. The smallest absolute Gasteiger partial charge is 0.363 e. The van der Waals surface area contributed by atoms with Crippen molar-refractivity contribution < 1.29 is 19.2 Å². The van der Waals surface area contributed by atoms with Gasteiger partial charge in [-0.1, -0.05) is 41.9 Å². The first-order chi connectivity index (χ1) is 15.4. The molecule has 32 heavy (non-hydrogen) atoms. The molecular formula is C24H17ClN2O5. The molecule has 0 radical (unpaired) electrons. The standard InChI is InChI=1S/C24H17ClN2O5/c1-15-2-7-18(13-22(15)27(29)30)23-26-21(24(28)32-23)12-16-5-10-20(11-6-16)31-14-17-3-8-19(25)9-4-17/h2-13H,14H2,1H3/b21-12-. The molecule has 0 atom stereocenters. The molecule has 0 aromatic heterocycles. The van der Waals surface area contributed by atoms with Crippen LogP contribution in [0.3, 0.4) is 0 Å². The van der Waals surface area contributed by atoms with Gasteiger partial charge in [-0.25, -0.2) is 9.79 Å². The average Bonchev–Trinajstić information content (AvgIpc) is 3.14. The van der Waals surface area contributed by atoms with Crippen molar-refractivity contribution in [3.05, 3.63) is 110 Å². The second-order valence-electron chi connectivity index (χ2n) is 7.08. The molecule has 1 heterocycles. The minimum Gasteiger partial charge on any atom is -0.489 e. The number of halogens is 1. The number of benzene rings is 3. The van der Waals surface area contributed by atoms with Crippen LogP contribution in [0.4, 0.5) is 5.69 Å². The fourth-order valence-corrected chi connectivity index (χ4v) is 3.16. The Balaban J connectivity index is 1.48. The van der Waals surface area contributed by atoms with Gasteiger partial charge in [-0.2, -0.15) is 0 Å². The number of aryl methyl sites for hydroxylation is 1. The highest BCUT2D eigenvalue weighted by molar-refractivity contribution is 6.30. The predicted molar refractivity (Wildman–Crippen MR) is 121 cm³/mol. The molecule has 8 heteroatoms. The average molecular weight is 449 g/mol. The Bertz CT molecular complexity index is 1250. The van der Waals surface area contributed by atoms with E-state index in [-0.39, 0.29) is 17.3 Å². The van der Waals surface area contributed by atoms with Crippen LogP contribution >= 0.6 is 11.6 Å². The minimum atomic E-state index is -0.619. The number of cyclic esters (lactones) is 1. The van der Waals surface area contributed by atoms with E-state index in [4.69, 9.17) is 21.1 Å². The summed E-state index contributed by atoms with van der Waals surface area (Å²) in [5.74, 6) is 0.0887. The van der Waals surface area contributed by atoms with Gasteiger partial charge in [0.1, 0.15) is 12.4 Å². The third-order valence-electron chi connectivity index (χ3n) is 4.78. The highest BCUT2D eigenvalue weighted by Crippen LogP contribution is 2.25. The molecule has 0 saturated carbocycles. The van der Waals surface area contributed by atoms with E-state index in [1.807, 2.05) is 12.1 Å². The van der Waals surface area contributed by atoms with Gasteiger partial charge in [0, 0.05) is 22.2 Å². The molecule has 0 fully saturated rings. The second-order valence-corrected chi connectivity index (χ2v) is 7.52. The van der Waals surface area contributed by atoms with Crippen LogP contribution in [0.1, 0.15) is 22.3 Å². The normalized spacial score (nSPS) is 14.2. The van der Waals surface area contributed by atoms with Gasteiger partial charge in [-0.15, -0.1) is 0 Å². The van der Waals surface area contributed by atoms with Gasteiger partial charge >= 0.3 is 5.97 Å². The first kappa shape index (κ1) is 21.3. The van der Waals surface area contributed by atoms with Gasteiger partial charge in [-0.05, 0) is 54.5 Å². The third kappa shape index (κ3) is 4.84. The molecule has 1 aliphatic heterocycles. The SMILES string of the molecule is Cc1ccc(C2=N/C(=C\c3ccc(OCc4ccc(Cl)cc4)cc3)C(=O)O2)cc1[N+](=O)[O-]. The number of nitrogens with zero attached hydrogens (tertiary/aromatic N) is 2. The number of nitro groups is 1. The molecule has 0 amide bonds. The summed E-state index contributed by atoms with van der Waals surface area (Å²) in [4.78, 5) is 27.1. The number of ether oxygens (including phenoxy) is 2. The number of carbonyl (C=O) groups is 1. The molecule has 1 aliphatic rings. The van der Waals surface area contributed by atoms with Crippen molar-refractivity contribution in [1.82, 2.24) is 0 Å². The van der Waals surface area contributed by atoms with E-state index in [0.29, 0.717) is 28.5 Å². The number of nitro benzene ring substituents is 1. The number of hydrogen-bond donors (Lipinski definition) is 0. The Kier molecular flexibility index (Phi) is 6.00. The molecule has 3 aromatic rings. The lowest BCUT2D eigenvalue weighted by atomic mass is 10.1. The zero-order chi connectivity index (χ0) is 22.7. The number of aliphatic imine (C=N–C) groups is 1. The number of hydrogen-bond acceptors (Lipinski definition) is 6. The summed E-state index contributed by atoms with van der Waals surface area (Å²) >= 11 is 5.88. The fraction of sp³-hybridized carbons (Fsp3) is 0.0833. The first-order valence-electron chi connectivity index (χ1n) is 9.64. The molecule has 3 aromatic carbocycles. The zero-order valence-corrected chi connectivity index (χ0v) is 17.7. The molecule has 0 spiro atoms. The maximum Gasteiger partial charge on any atom is 0.363 e. The summed E-state index contributed by atoms with van der Waals surface area (Å²) in [6.45, 7) is 2.04. The van der Waals surface area contributed by atoms with Crippen molar-refractivity contribution in [1.29, 1.82) is 0 Å². The largest absolute Gasteiger partial charge is 0.489 e. The monoisotopic (exact) mass is 448 g/mol. The van der Waals surface area contributed by atoms with Crippen molar-refractivity contribution >= 4 is 35.2 Å². The van der Waals surface area contributed by atoms with Crippen molar-refractivity contribution in [2.45, 2.75) is 13.5 Å². The highest BCUT2D eigenvalue weighted by Gasteiger charge is 2.25. The topological polar surface area (TPSA) is 91.0 Å². The fourth-order valence-electron chi connectivity index (χ4n) is 3.04. The van der Waals surface area contributed by atoms with E-state index in [2.05, 4.69) is 4.99 Å². The summed E-state index contributed by atoms with van der Waals surface area (Å²) < 4.78 is 11.0. The molecule has 0 unspecified atom stereocenters. The summed E-state index contributed by atoms with van der Waals surface area (Å²) in [6, 6.07) is 19.1. The maximum absolute atomic E-state index is 12.2. The molecule has 0 bridgehead atoms. The van der Waals surface area contributed by atoms with Crippen molar-refractivity contribution in [2.24, 2.45) is 4.99 Å². The Morgan fingerprint density at radius 3 is 2.50 bits per heavy atom. The Labute approximate surface area is 188 Å². The molecule has 160 valence electrons.